The minimum Gasteiger partial charge on any atom is -0.496 e. The molecule has 1 aromatic rings. The van der Waals surface area contributed by atoms with E-state index >= 15 is 0 Å². The number of methoxy groups -OCH3 is 1. The Hall–Kier alpha value is -1.26. The average molecular weight is 299 g/mol. The van der Waals surface area contributed by atoms with Crippen molar-refractivity contribution in [2.24, 2.45) is 5.41 Å². The van der Waals surface area contributed by atoms with Crippen LogP contribution in [0.5, 0.6) is 5.75 Å². The molecule has 2 N–H and O–H groups in total. The number of benzene rings is 1. The number of piperidine rings is 1. The highest BCUT2D eigenvalue weighted by Crippen LogP contribution is 2.27. The number of carbonyl (C=O) groups is 1. The van der Waals surface area contributed by atoms with Crippen molar-refractivity contribution in [2.75, 3.05) is 26.7 Å². The van der Waals surface area contributed by atoms with E-state index in [-0.39, 0.29) is 23.7 Å². The third-order valence-corrected chi connectivity index (χ3v) is 3.84. The molecule has 1 amide bonds. The van der Waals surface area contributed by atoms with Gasteiger partial charge in [-0.15, -0.1) is 12.4 Å². The van der Waals surface area contributed by atoms with E-state index in [9.17, 15) is 4.79 Å². The lowest BCUT2D eigenvalue weighted by molar-refractivity contribution is 0.0919. The van der Waals surface area contributed by atoms with Gasteiger partial charge in [0.2, 0.25) is 0 Å². The zero-order valence-electron chi connectivity index (χ0n) is 12.1. The van der Waals surface area contributed by atoms with Gasteiger partial charge in [0.25, 0.3) is 5.91 Å². The van der Waals surface area contributed by atoms with Crippen LogP contribution in [-0.2, 0) is 0 Å². The van der Waals surface area contributed by atoms with Crippen molar-refractivity contribution in [3.05, 3.63) is 29.8 Å². The van der Waals surface area contributed by atoms with E-state index in [0.29, 0.717) is 17.9 Å². The first-order valence-electron chi connectivity index (χ1n) is 6.77. The topological polar surface area (TPSA) is 50.4 Å². The van der Waals surface area contributed by atoms with Gasteiger partial charge in [-0.3, -0.25) is 4.79 Å². The number of amides is 1. The maximum Gasteiger partial charge on any atom is 0.255 e. The fourth-order valence-corrected chi connectivity index (χ4v) is 2.43. The van der Waals surface area contributed by atoms with Crippen LogP contribution in [0.15, 0.2) is 24.3 Å². The molecule has 0 unspecified atom stereocenters. The molecule has 4 nitrogen and oxygen atoms in total. The SMILES string of the molecule is COc1ccccc1C(=O)NCC1(C)CCNCC1.Cl. The van der Waals surface area contributed by atoms with E-state index in [2.05, 4.69) is 17.6 Å². The average Bonchev–Trinajstić information content (AvgIpc) is 2.45. The minimum absolute atomic E-state index is 0. The summed E-state index contributed by atoms with van der Waals surface area (Å²) in [6.45, 7) is 5.00. The highest BCUT2D eigenvalue weighted by Gasteiger charge is 2.27. The first kappa shape index (κ1) is 16.8. The molecule has 0 aromatic heterocycles. The Kier molecular flexibility index (Phi) is 6.30. The summed E-state index contributed by atoms with van der Waals surface area (Å²) in [5.74, 6) is 0.563. The number of para-hydroxylation sites is 1. The van der Waals surface area contributed by atoms with E-state index in [0.717, 1.165) is 25.9 Å². The van der Waals surface area contributed by atoms with Gasteiger partial charge in [0, 0.05) is 6.54 Å². The van der Waals surface area contributed by atoms with Crippen molar-refractivity contribution < 1.29 is 9.53 Å². The Morgan fingerprint density at radius 3 is 2.65 bits per heavy atom. The van der Waals surface area contributed by atoms with Gasteiger partial charge in [0.15, 0.2) is 0 Å². The monoisotopic (exact) mass is 298 g/mol. The minimum atomic E-state index is -0.0581. The number of hydrogen-bond acceptors (Lipinski definition) is 3. The van der Waals surface area contributed by atoms with Gasteiger partial charge in [0.1, 0.15) is 5.75 Å². The molecule has 0 atom stereocenters. The molecule has 0 bridgehead atoms. The molecular weight excluding hydrogens is 276 g/mol. The Morgan fingerprint density at radius 1 is 1.35 bits per heavy atom. The summed E-state index contributed by atoms with van der Waals surface area (Å²) < 4.78 is 5.21. The fourth-order valence-electron chi connectivity index (χ4n) is 2.43. The Bertz CT molecular complexity index is 445. The van der Waals surface area contributed by atoms with E-state index in [1.165, 1.54) is 0 Å². The van der Waals surface area contributed by atoms with Crippen LogP contribution < -0.4 is 15.4 Å². The Labute approximate surface area is 126 Å². The summed E-state index contributed by atoms with van der Waals surface area (Å²) in [6.07, 6.45) is 2.19. The Balaban J connectivity index is 0.00000200. The molecule has 1 saturated heterocycles. The van der Waals surface area contributed by atoms with Crippen LogP contribution >= 0.6 is 12.4 Å². The Morgan fingerprint density at radius 2 is 2.00 bits per heavy atom. The van der Waals surface area contributed by atoms with Crippen LogP contribution in [0.4, 0.5) is 0 Å². The molecule has 1 aliphatic rings. The van der Waals surface area contributed by atoms with Crippen LogP contribution in [0.3, 0.4) is 0 Å². The molecule has 20 heavy (non-hydrogen) atoms. The van der Waals surface area contributed by atoms with Crippen molar-refractivity contribution >= 4 is 18.3 Å². The number of hydrogen-bond donors (Lipinski definition) is 2. The summed E-state index contributed by atoms with van der Waals surface area (Å²) in [5.41, 5.74) is 0.797. The molecular formula is C15H23ClN2O2. The van der Waals surface area contributed by atoms with Gasteiger partial charge >= 0.3 is 0 Å². The van der Waals surface area contributed by atoms with Gasteiger partial charge < -0.3 is 15.4 Å². The highest BCUT2D eigenvalue weighted by atomic mass is 35.5. The summed E-state index contributed by atoms with van der Waals surface area (Å²) in [6, 6.07) is 7.31. The van der Waals surface area contributed by atoms with Gasteiger partial charge in [-0.05, 0) is 43.5 Å². The van der Waals surface area contributed by atoms with E-state index in [1.807, 2.05) is 12.1 Å². The lowest BCUT2D eigenvalue weighted by Gasteiger charge is -2.34. The maximum absolute atomic E-state index is 12.2. The van der Waals surface area contributed by atoms with Crippen LogP contribution in [-0.4, -0.2) is 32.7 Å². The third-order valence-electron chi connectivity index (χ3n) is 3.84. The summed E-state index contributed by atoms with van der Waals surface area (Å²) in [7, 11) is 1.58. The summed E-state index contributed by atoms with van der Waals surface area (Å²) >= 11 is 0. The molecule has 0 aliphatic carbocycles. The van der Waals surface area contributed by atoms with Gasteiger partial charge in [-0.2, -0.15) is 0 Å². The third kappa shape index (κ3) is 4.12. The molecule has 0 spiro atoms. The lowest BCUT2D eigenvalue weighted by Crippen LogP contribution is -2.42. The van der Waals surface area contributed by atoms with E-state index < -0.39 is 0 Å². The first-order valence-corrected chi connectivity index (χ1v) is 6.77. The normalized spacial score (nSPS) is 16.9. The molecule has 1 aliphatic heterocycles. The second kappa shape index (κ2) is 7.50. The van der Waals surface area contributed by atoms with Crippen molar-refractivity contribution in [3.8, 4) is 5.75 Å². The van der Waals surface area contributed by atoms with Gasteiger partial charge in [0.05, 0.1) is 12.7 Å². The smallest absolute Gasteiger partial charge is 0.255 e. The van der Waals surface area contributed by atoms with Crippen LogP contribution in [0, 0.1) is 5.41 Å². The van der Waals surface area contributed by atoms with E-state index in [4.69, 9.17) is 4.74 Å². The van der Waals surface area contributed by atoms with Crippen molar-refractivity contribution in [1.82, 2.24) is 10.6 Å². The van der Waals surface area contributed by atoms with Crippen LogP contribution in [0.25, 0.3) is 0 Å². The van der Waals surface area contributed by atoms with Gasteiger partial charge in [-0.1, -0.05) is 19.1 Å². The van der Waals surface area contributed by atoms with Crippen molar-refractivity contribution in [3.63, 3.8) is 0 Å². The van der Waals surface area contributed by atoms with Crippen molar-refractivity contribution in [2.45, 2.75) is 19.8 Å². The molecule has 1 fully saturated rings. The number of rotatable bonds is 4. The predicted octanol–water partition coefficient (Wildman–Crippen LogP) is 2.24. The molecule has 0 saturated carbocycles. The van der Waals surface area contributed by atoms with Gasteiger partial charge in [-0.25, -0.2) is 0 Å². The van der Waals surface area contributed by atoms with Crippen LogP contribution in [0.2, 0.25) is 0 Å². The second-order valence-electron chi connectivity index (χ2n) is 5.44. The molecule has 1 aromatic carbocycles. The molecule has 112 valence electrons. The first-order chi connectivity index (χ1) is 9.14. The molecule has 0 radical (unpaired) electrons. The summed E-state index contributed by atoms with van der Waals surface area (Å²) in [5, 5.41) is 6.38. The second-order valence-corrected chi connectivity index (χ2v) is 5.44. The zero-order valence-corrected chi connectivity index (χ0v) is 12.9. The quantitative estimate of drug-likeness (QED) is 0.896. The largest absolute Gasteiger partial charge is 0.496 e. The highest BCUT2D eigenvalue weighted by molar-refractivity contribution is 5.96. The number of nitrogens with one attached hydrogen (secondary N) is 2. The fraction of sp³-hybridized carbons (Fsp3) is 0.533. The maximum atomic E-state index is 12.2. The lowest BCUT2D eigenvalue weighted by atomic mass is 9.81. The zero-order chi connectivity index (χ0) is 13.7. The van der Waals surface area contributed by atoms with E-state index in [1.54, 1.807) is 19.2 Å². The number of carbonyl (C=O) groups excluding carboxylic acids is 1. The number of halogens is 1. The predicted molar refractivity (Wildman–Crippen MR) is 82.8 cm³/mol. The summed E-state index contributed by atoms with van der Waals surface area (Å²) in [4.78, 5) is 12.2. The van der Waals surface area contributed by atoms with Crippen LogP contribution in [0.1, 0.15) is 30.1 Å². The standard InChI is InChI=1S/C15H22N2O2.ClH/c1-15(7-9-16-10-8-15)11-17-14(18)12-5-3-4-6-13(12)19-2;/h3-6,16H,7-11H2,1-2H3,(H,17,18);1H. The molecule has 1 heterocycles. The number of ether oxygens (including phenoxy) is 1. The molecule has 5 heteroatoms. The molecule has 2 rings (SSSR count). The van der Waals surface area contributed by atoms with Crippen molar-refractivity contribution in [1.29, 1.82) is 0 Å².